The van der Waals surface area contributed by atoms with Gasteiger partial charge in [-0.1, -0.05) is 13.8 Å². The third-order valence-corrected chi connectivity index (χ3v) is 5.57. The van der Waals surface area contributed by atoms with E-state index in [1.807, 2.05) is 4.72 Å². The molecule has 0 saturated carbocycles. The number of rotatable bonds is 7. The van der Waals surface area contributed by atoms with Gasteiger partial charge in [0, 0.05) is 12.8 Å². The molecule has 0 spiro atoms. The Kier molecular flexibility index (Phi) is 5.56. The van der Waals surface area contributed by atoms with Crippen LogP contribution in [0.2, 0.25) is 0 Å². The zero-order chi connectivity index (χ0) is 13.9. The number of hydrogen-bond donors (Lipinski definition) is 2. The van der Waals surface area contributed by atoms with E-state index in [0.717, 1.165) is 6.26 Å². The number of carboxylic acid groups (broad SMARTS) is 1. The van der Waals surface area contributed by atoms with Crippen molar-refractivity contribution in [3.63, 3.8) is 0 Å². The largest absolute Gasteiger partial charge is 0.481 e. The van der Waals surface area contributed by atoms with Crippen molar-refractivity contribution in [3.05, 3.63) is 0 Å². The predicted molar refractivity (Wildman–Crippen MR) is 62.6 cm³/mol. The molecule has 0 amide bonds. The first-order valence-corrected chi connectivity index (χ1v) is 8.54. The van der Waals surface area contributed by atoms with Gasteiger partial charge >= 0.3 is 5.97 Å². The first-order chi connectivity index (χ1) is 7.44. The number of hydrogen-bond acceptors (Lipinski definition) is 5. The van der Waals surface area contributed by atoms with Gasteiger partial charge in [-0.2, -0.15) is 0 Å². The maximum atomic E-state index is 11.3. The van der Waals surface area contributed by atoms with E-state index in [9.17, 15) is 21.6 Å². The Bertz CT molecular complexity index is 464. The minimum atomic E-state index is -4.00. The summed E-state index contributed by atoms with van der Waals surface area (Å²) in [6.45, 7) is 2.97. The van der Waals surface area contributed by atoms with E-state index in [-0.39, 0.29) is 12.5 Å². The van der Waals surface area contributed by atoms with Gasteiger partial charge in [0.25, 0.3) is 0 Å². The summed E-state index contributed by atoms with van der Waals surface area (Å²) in [5.74, 6) is -2.26. The number of carboxylic acids is 1. The van der Waals surface area contributed by atoms with E-state index in [1.54, 1.807) is 13.8 Å². The van der Waals surface area contributed by atoms with E-state index in [4.69, 9.17) is 5.11 Å². The fourth-order valence-electron chi connectivity index (χ4n) is 1.15. The first-order valence-electron chi connectivity index (χ1n) is 4.82. The van der Waals surface area contributed by atoms with Crippen LogP contribution < -0.4 is 4.72 Å². The fraction of sp³-hybridized carbons (Fsp3) is 0.875. The van der Waals surface area contributed by atoms with Crippen LogP contribution in [0.4, 0.5) is 0 Å². The topological polar surface area (TPSA) is 118 Å². The third-order valence-electron chi connectivity index (χ3n) is 2.01. The highest BCUT2D eigenvalue weighted by atomic mass is 32.3. The smallest absolute Gasteiger partial charge is 0.308 e. The van der Waals surface area contributed by atoms with E-state index in [1.165, 1.54) is 0 Å². The molecule has 0 aliphatic rings. The van der Waals surface area contributed by atoms with Crippen LogP contribution in [0.25, 0.3) is 0 Å². The molecule has 0 rings (SSSR count). The second-order valence-corrected chi connectivity index (χ2v) is 8.51. The average molecular weight is 287 g/mol. The van der Waals surface area contributed by atoms with Crippen molar-refractivity contribution in [2.45, 2.75) is 13.8 Å². The van der Waals surface area contributed by atoms with Crippen LogP contribution in [0.15, 0.2) is 0 Å². The van der Waals surface area contributed by atoms with Crippen LogP contribution in [0, 0.1) is 11.8 Å². The molecule has 0 saturated heterocycles. The van der Waals surface area contributed by atoms with Gasteiger partial charge in [0.15, 0.2) is 14.9 Å². The standard InChI is InChI=1S/C8H17NO6S2/c1-6(2)7(8(10)11)4-9-17(14,15)5-16(3,12)13/h6-7,9H,4-5H2,1-3H3,(H,10,11). The predicted octanol–water partition coefficient (Wildman–Crippen LogP) is -0.735. The second-order valence-electron chi connectivity index (χ2n) is 4.20. The lowest BCUT2D eigenvalue weighted by Crippen LogP contribution is -2.37. The van der Waals surface area contributed by atoms with Gasteiger partial charge in [0.1, 0.15) is 0 Å². The molecule has 2 N–H and O–H groups in total. The monoisotopic (exact) mass is 287 g/mol. The van der Waals surface area contributed by atoms with Crippen molar-refractivity contribution in [1.29, 1.82) is 0 Å². The summed E-state index contributed by atoms with van der Waals surface area (Å²) in [5.41, 5.74) is 0. The zero-order valence-electron chi connectivity index (χ0n) is 9.87. The van der Waals surface area contributed by atoms with Crippen LogP contribution in [0.5, 0.6) is 0 Å². The highest BCUT2D eigenvalue weighted by molar-refractivity contribution is 8.06. The molecule has 17 heavy (non-hydrogen) atoms. The molecule has 1 atom stereocenters. The summed E-state index contributed by atoms with van der Waals surface area (Å²) in [4.78, 5) is 10.8. The van der Waals surface area contributed by atoms with Crippen LogP contribution in [-0.4, -0.2) is 45.8 Å². The van der Waals surface area contributed by atoms with Crippen molar-refractivity contribution >= 4 is 25.8 Å². The minimum absolute atomic E-state index is 0.256. The minimum Gasteiger partial charge on any atom is -0.481 e. The Hall–Kier alpha value is -0.670. The summed E-state index contributed by atoms with van der Waals surface area (Å²) in [6.07, 6.45) is 0.795. The Morgan fingerprint density at radius 3 is 2.00 bits per heavy atom. The van der Waals surface area contributed by atoms with Crippen molar-refractivity contribution in [2.24, 2.45) is 11.8 Å². The van der Waals surface area contributed by atoms with E-state index >= 15 is 0 Å². The molecule has 0 aliphatic heterocycles. The van der Waals surface area contributed by atoms with Gasteiger partial charge in [-0.15, -0.1) is 0 Å². The fourth-order valence-corrected chi connectivity index (χ4v) is 4.17. The van der Waals surface area contributed by atoms with Gasteiger partial charge in [-0.3, -0.25) is 4.79 Å². The van der Waals surface area contributed by atoms with E-state index in [2.05, 4.69) is 0 Å². The first kappa shape index (κ1) is 16.3. The average Bonchev–Trinajstić information content (AvgIpc) is 1.96. The third kappa shape index (κ3) is 7.29. The van der Waals surface area contributed by atoms with Crippen molar-refractivity contribution in [2.75, 3.05) is 17.9 Å². The van der Waals surface area contributed by atoms with Crippen LogP contribution in [0.1, 0.15) is 13.8 Å². The SMILES string of the molecule is CC(C)C(CNS(=O)(=O)CS(C)(=O)=O)C(=O)O. The number of sulfonamides is 1. The summed E-state index contributed by atoms with van der Waals surface area (Å²) in [5, 5.41) is 7.78. The van der Waals surface area contributed by atoms with Gasteiger partial charge in [-0.25, -0.2) is 21.6 Å². The molecule has 0 fully saturated rings. The van der Waals surface area contributed by atoms with Crippen molar-refractivity contribution in [1.82, 2.24) is 4.72 Å². The van der Waals surface area contributed by atoms with Crippen molar-refractivity contribution < 1.29 is 26.7 Å². The number of sulfone groups is 1. The molecule has 0 aromatic heterocycles. The second kappa shape index (κ2) is 5.78. The molecule has 0 aromatic carbocycles. The zero-order valence-corrected chi connectivity index (χ0v) is 11.5. The van der Waals surface area contributed by atoms with E-state index in [0.29, 0.717) is 0 Å². The Labute approximate surface area is 101 Å². The molecular formula is C8H17NO6S2. The van der Waals surface area contributed by atoms with Gasteiger partial charge in [0.05, 0.1) is 5.92 Å². The lowest BCUT2D eigenvalue weighted by atomic mass is 9.97. The number of carbonyl (C=O) groups is 1. The highest BCUT2D eigenvalue weighted by Gasteiger charge is 2.25. The van der Waals surface area contributed by atoms with Gasteiger partial charge in [-0.05, 0) is 5.92 Å². The quantitative estimate of drug-likeness (QED) is 0.637. The summed E-state index contributed by atoms with van der Waals surface area (Å²) >= 11 is 0. The summed E-state index contributed by atoms with van der Waals surface area (Å²) in [7, 11) is -7.67. The molecule has 7 nitrogen and oxygen atoms in total. The Morgan fingerprint density at radius 1 is 1.24 bits per heavy atom. The highest BCUT2D eigenvalue weighted by Crippen LogP contribution is 2.10. The molecule has 0 aromatic rings. The van der Waals surface area contributed by atoms with E-state index < -0.39 is 36.8 Å². The normalized spacial score (nSPS) is 14.8. The number of nitrogens with one attached hydrogen (secondary N) is 1. The Balaban J connectivity index is 4.61. The molecule has 0 radical (unpaired) electrons. The summed E-state index contributed by atoms with van der Waals surface area (Å²) < 4.78 is 46.3. The lowest BCUT2D eigenvalue weighted by Gasteiger charge is -2.16. The number of aliphatic carboxylic acids is 1. The Morgan fingerprint density at radius 2 is 1.71 bits per heavy atom. The molecule has 9 heteroatoms. The van der Waals surface area contributed by atoms with Crippen LogP contribution in [0.3, 0.4) is 0 Å². The molecule has 0 bridgehead atoms. The maximum absolute atomic E-state index is 11.3. The van der Waals surface area contributed by atoms with Gasteiger partial charge < -0.3 is 5.11 Å². The molecular weight excluding hydrogens is 270 g/mol. The van der Waals surface area contributed by atoms with Gasteiger partial charge in [0.2, 0.25) is 10.0 Å². The molecule has 102 valence electrons. The van der Waals surface area contributed by atoms with Crippen LogP contribution in [-0.2, 0) is 24.7 Å². The molecule has 0 aliphatic carbocycles. The lowest BCUT2D eigenvalue weighted by molar-refractivity contribution is -0.142. The summed E-state index contributed by atoms with van der Waals surface area (Å²) in [6, 6.07) is 0. The molecule has 1 unspecified atom stereocenters. The maximum Gasteiger partial charge on any atom is 0.308 e. The van der Waals surface area contributed by atoms with Crippen LogP contribution >= 0.6 is 0 Å². The molecule has 0 heterocycles. The van der Waals surface area contributed by atoms with Crippen molar-refractivity contribution in [3.8, 4) is 0 Å².